The first-order chi connectivity index (χ1) is 8.77. The van der Waals surface area contributed by atoms with Crippen molar-refractivity contribution in [3.63, 3.8) is 0 Å². The zero-order valence-corrected chi connectivity index (χ0v) is 11.3. The molecule has 1 heterocycles. The van der Waals surface area contributed by atoms with E-state index in [4.69, 9.17) is 0 Å². The van der Waals surface area contributed by atoms with Crippen molar-refractivity contribution in [2.45, 2.75) is 52.2 Å². The molecule has 18 heavy (non-hydrogen) atoms. The Labute approximate surface area is 108 Å². The van der Waals surface area contributed by atoms with Crippen LogP contribution in [0.15, 0.2) is 24.3 Å². The lowest BCUT2D eigenvalue weighted by Crippen LogP contribution is -2.09. The number of unbranched alkanes of at least 4 members (excludes halogenated alkanes) is 1. The number of fused-ring (bicyclic) bond motifs is 1. The third-order valence-electron chi connectivity index (χ3n) is 3.28. The minimum Gasteiger partial charge on any atom is -0.385 e. The molecule has 3 heteroatoms. The average molecular weight is 246 g/mol. The Kier molecular flexibility index (Phi) is 4.37. The summed E-state index contributed by atoms with van der Waals surface area (Å²) < 4.78 is 2.18. The maximum atomic E-state index is 10.2. The van der Waals surface area contributed by atoms with Gasteiger partial charge in [0.1, 0.15) is 11.9 Å². The van der Waals surface area contributed by atoms with Gasteiger partial charge < -0.3 is 9.67 Å². The van der Waals surface area contributed by atoms with E-state index in [9.17, 15) is 5.11 Å². The van der Waals surface area contributed by atoms with Crippen LogP contribution in [0.3, 0.4) is 0 Å². The molecule has 1 aromatic heterocycles. The zero-order valence-electron chi connectivity index (χ0n) is 11.3. The Bertz CT molecular complexity index is 504. The number of benzene rings is 1. The lowest BCUT2D eigenvalue weighted by Gasteiger charge is -2.12. The summed E-state index contributed by atoms with van der Waals surface area (Å²) in [5.74, 6) is 0.825. The molecule has 0 aliphatic heterocycles. The number of nitrogens with zero attached hydrogens (tertiary/aromatic N) is 2. The Hall–Kier alpha value is -1.35. The van der Waals surface area contributed by atoms with Crippen molar-refractivity contribution in [2.75, 3.05) is 0 Å². The molecule has 2 aromatic rings. The maximum Gasteiger partial charge on any atom is 0.138 e. The highest BCUT2D eigenvalue weighted by molar-refractivity contribution is 5.75. The highest BCUT2D eigenvalue weighted by Gasteiger charge is 2.16. The Morgan fingerprint density at radius 3 is 2.72 bits per heavy atom. The van der Waals surface area contributed by atoms with Crippen LogP contribution in [-0.4, -0.2) is 14.7 Å². The number of aliphatic hydroxyl groups is 1. The average Bonchev–Trinajstić information content (AvgIpc) is 2.75. The molecule has 98 valence electrons. The fourth-order valence-corrected chi connectivity index (χ4v) is 2.30. The minimum atomic E-state index is -0.445. The van der Waals surface area contributed by atoms with Crippen LogP contribution in [0.5, 0.6) is 0 Å². The van der Waals surface area contributed by atoms with E-state index in [1.807, 2.05) is 18.2 Å². The predicted molar refractivity (Wildman–Crippen MR) is 74.5 cm³/mol. The van der Waals surface area contributed by atoms with Gasteiger partial charge in [0.05, 0.1) is 11.0 Å². The third kappa shape index (κ3) is 2.56. The molecule has 1 aromatic carbocycles. The van der Waals surface area contributed by atoms with Crippen LogP contribution in [0.4, 0.5) is 0 Å². The van der Waals surface area contributed by atoms with Crippen LogP contribution in [0.1, 0.15) is 51.5 Å². The summed E-state index contributed by atoms with van der Waals surface area (Å²) in [4.78, 5) is 4.60. The molecule has 0 bridgehead atoms. The van der Waals surface area contributed by atoms with Crippen LogP contribution in [-0.2, 0) is 6.54 Å². The molecule has 0 fully saturated rings. The van der Waals surface area contributed by atoms with Crippen LogP contribution >= 0.6 is 0 Å². The number of aliphatic hydroxyl groups excluding tert-OH is 1. The molecule has 3 nitrogen and oxygen atoms in total. The van der Waals surface area contributed by atoms with Crippen molar-refractivity contribution in [1.82, 2.24) is 9.55 Å². The molecule has 0 radical (unpaired) electrons. The highest BCUT2D eigenvalue weighted by Crippen LogP contribution is 2.24. The minimum absolute atomic E-state index is 0.445. The van der Waals surface area contributed by atoms with E-state index < -0.39 is 6.10 Å². The van der Waals surface area contributed by atoms with Gasteiger partial charge in [-0.25, -0.2) is 4.98 Å². The van der Waals surface area contributed by atoms with Crippen molar-refractivity contribution in [2.24, 2.45) is 0 Å². The fraction of sp³-hybridized carbons (Fsp3) is 0.533. The van der Waals surface area contributed by atoms with Crippen LogP contribution in [0, 0.1) is 0 Å². The second kappa shape index (κ2) is 6.01. The largest absolute Gasteiger partial charge is 0.385 e. The Balaban J connectivity index is 2.42. The molecule has 0 spiro atoms. The molecule has 0 saturated heterocycles. The number of aryl methyl sites for hydroxylation is 1. The Morgan fingerprint density at radius 2 is 2.00 bits per heavy atom. The molecule has 0 unspecified atom stereocenters. The van der Waals surface area contributed by atoms with Gasteiger partial charge in [-0.05, 0) is 25.0 Å². The molecular weight excluding hydrogens is 224 g/mol. The van der Waals surface area contributed by atoms with Crippen LogP contribution < -0.4 is 0 Å². The monoisotopic (exact) mass is 246 g/mol. The van der Waals surface area contributed by atoms with E-state index in [2.05, 4.69) is 29.5 Å². The van der Waals surface area contributed by atoms with E-state index in [1.165, 1.54) is 0 Å². The zero-order chi connectivity index (χ0) is 13.0. The quantitative estimate of drug-likeness (QED) is 0.844. The summed E-state index contributed by atoms with van der Waals surface area (Å²) in [6.45, 7) is 5.21. The van der Waals surface area contributed by atoms with Crippen molar-refractivity contribution >= 4 is 11.0 Å². The summed E-state index contributed by atoms with van der Waals surface area (Å²) in [5, 5.41) is 10.2. The van der Waals surface area contributed by atoms with Crippen molar-refractivity contribution in [3.05, 3.63) is 30.1 Å². The number of hydrogen-bond donors (Lipinski definition) is 1. The number of imidazole rings is 1. The van der Waals surface area contributed by atoms with Gasteiger partial charge in [-0.2, -0.15) is 0 Å². The number of rotatable bonds is 6. The van der Waals surface area contributed by atoms with Crippen molar-refractivity contribution in [1.29, 1.82) is 0 Å². The molecule has 2 rings (SSSR count). The van der Waals surface area contributed by atoms with Gasteiger partial charge in [0.15, 0.2) is 0 Å². The summed E-state index contributed by atoms with van der Waals surface area (Å²) in [7, 11) is 0. The van der Waals surface area contributed by atoms with Gasteiger partial charge in [-0.1, -0.05) is 38.8 Å². The maximum absolute atomic E-state index is 10.2. The lowest BCUT2D eigenvalue weighted by molar-refractivity contribution is 0.152. The van der Waals surface area contributed by atoms with Crippen molar-refractivity contribution in [3.8, 4) is 0 Å². The molecule has 0 aliphatic carbocycles. The summed E-state index contributed by atoms with van der Waals surface area (Å²) in [6, 6.07) is 8.12. The molecule has 0 aliphatic rings. The highest BCUT2D eigenvalue weighted by atomic mass is 16.3. The third-order valence-corrected chi connectivity index (χ3v) is 3.28. The van der Waals surface area contributed by atoms with Gasteiger partial charge in [0, 0.05) is 6.54 Å². The first-order valence-electron chi connectivity index (χ1n) is 6.91. The molecule has 0 saturated carbocycles. The smallest absolute Gasteiger partial charge is 0.138 e. The lowest BCUT2D eigenvalue weighted by atomic mass is 10.2. The topological polar surface area (TPSA) is 38.0 Å². The second-order valence-electron chi connectivity index (χ2n) is 4.77. The molecule has 0 amide bonds. The molecule has 1 N–H and O–H groups in total. The van der Waals surface area contributed by atoms with Crippen molar-refractivity contribution < 1.29 is 5.11 Å². The normalized spacial score (nSPS) is 13.1. The Morgan fingerprint density at radius 1 is 1.22 bits per heavy atom. The van der Waals surface area contributed by atoms with E-state index >= 15 is 0 Å². The SMILES string of the molecule is CCCCn1c([C@@H](O)CCC)nc2ccccc21. The van der Waals surface area contributed by atoms with E-state index in [1.54, 1.807) is 0 Å². The molecule has 1 atom stereocenters. The molecular formula is C15H22N2O. The summed E-state index contributed by atoms with van der Waals surface area (Å²) in [6.07, 6.45) is 3.56. The summed E-state index contributed by atoms with van der Waals surface area (Å²) >= 11 is 0. The van der Waals surface area contributed by atoms with Gasteiger partial charge in [-0.3, -0.25) is 0 Å². The van der Waals surface area contributed by atoms with E-state index in [0.717, 1.165) is 49.1 Å². The van der Waals surface area contributed by atoms with Gasteiger partial charge in [-0.15, -0.1) is 0 Å². The van der Waals surface area contributed by atoms with Crippen LogP contribution in [0.2, 0.25) is 0 Å². The first kappa shape index (κ1) is 13.1. The van der Waals surface area contributed by atoms with Crippen LogP contribution in [0.25, 0.3) is 11.0 Å². The second-order valence-corrected chi connectivity index (χ2v) is 4.77. The summed E-state index contributed by atoms with van der Waals surface area (Å²) in [5.41, 5.74) is 2.12. The number of hydrogen-bond acceptors (Lipinski definition) is 2. The number of aromatic nitrogens is 2. The van der Waals surface area contributed by atoms with Gasteiger partial charge in [0.25, 0.3) is 0 Å². The van der Waals surface area contributed by atoms with Gasteiger partial charge >= 0.3 is 0 Å². The standard InChI is InChI=1S/C15H22N2O/c1-3-5-11-17-13-10-7-6-9-12(13)16-15(17)14(18)8-4-2/h6-7,9-10,14,18H,3-5,8,11H2,1-2H3/t14-/m0/s1. The number of para-hydroxylation sites is 2. The fourth-order valence-electron chi connectivity index (χ4n) is 2.30. The van der Waals surface area contributed by atoms with E-state index in [0.29, 0.717) is 0 Å². The van der Waals surface area contributed by atoms with Gasteiger partial charge in [0.2, 0.25) is 0 Å². The predicted octanol–water partition coefficient (Wildman–Crippen LogP) is 3.67. The van der Waals surface area contributed by atoms with E-state index in [-0.39, 0.29) is 0 Å². The first-order valence-corrected chi connectivity index (χ1v) is 6.91.